The number of nitrogens with zero attached hydrogens (tertiary/aromatic N) is 2. The van der Waals surface area contributed by atoms with Gasteiger partial charge in [0.2, 0.25) is 21.6 Å². The molecule has 0 spiro atoms. The van der Waals surface area contributed by atoms with Crippen LogP contribution in [0.15, 0.2) is 5.16 Å². The lowest BCUT2D eigenvalue weighted by atomic mass is 10.3. The molecule has 0 saturated carbocycles. The van der Waals surface area contributed by atoms with Gasteiger partial charge in [-0.05, 0) is 13.8 Å². The maximum Gasteiger partial charge on any atom is 0.253 e. The summed E-state index contributed by atoms with van der Waals surface area (Å²) in [5, 5.41) is -0.293. The van der Waals surface area contributed by atoms with Gasteiger partial charge in [0.05, 0.1) is 19.3 Å². The Bertz CT molecular complexity index is 485. The van der Waals surface area contributed by atoms with Crippen LogP contribution >= 0.6 is 0 Å². The molecule has 7 heteroatoms. The highest BCUT2D eigenvalue weighted by atomic mass is 32.2. The third kappa shape index (κ3) is 2.60. The zero-order chi connectivity index (χ0) is 12.3. The third-order valence-corrected chi connectivity index (χ3v) is 2.69. The number of sulfone groups is 1. The molecule has 0 aliphatic rings. The zero-order valence-corrected chi connectivity index (χ0v) is 10.5. The van der Waals surface area contributed by atoms with Crippen LogP contribution in [0.25, 0.3) is 0 Å². The van der Waals surface area contributed by atoms with E-state index in [2.05, 4.69) is 9.97 Å². The molecular weight excluding hydrogens is 232 g/mol. The first-order chi connectivity index (χ1) is 7.40. The van der Waals surface area contributed by atoms with Gasteiger partial charge in [0, 0.05) is 6.26 Å². The topological polar surface area (TPSA) is 78.4 Å². The molecule has 0 unspecified atom stereocenters. The molecular formula is C9H14N2O4S. The molecule has 0 bridgehead atoms. The van der Waals surface area contributed by atoms with Gasteiger partial charge in [0.15, 0.2) is 0 Å². The Balaban J connectivity index is 3.40. The smallest absolute Gasteiger partial charge is 0.253 e. The van der Waals surface area contributed by atoms with Crippen LogP contribution in [-0.2, 0) is 9.84 Å². The lowest BCUT2D eigenvalue weighted by molar-refractivity contribution is 0.310. The summed E-state index contributed by atoms with van der Waals surface area (Å²) in [4.78, 5) is 7.64. The monoisotopic (exact) mass is 246 g/mol. The maximum atomic E-state index is 11.3. The van der Waals surface area contributed by atoms with Gasteiger partial charge < -0.3 is 9.47 Å². The van der Waals surface area contributed by atoms with Crippen molar-refractivity contribution in [3.63, 3.8) is 0 Å². The Labute approximate surface area is 94.5 Å². The number of hydrogen-bond donors (Lipinski definition) is 0. The predicted octanol–water partition coefficient (Wildman–Crippen LogP) is 0.596. The molecule has 0 N–H and O–H groups in total. The van der Waals surface area contributed by atoms with E-state index in [1.54, 1.807) is 13.8 Å². The van der Waals surface area contributed by atoms with E-state index >= 15 is 0 Å². The van der Waals surface area contributed by atoms with E-state index in [0.717, 1.165) is 6.26 Å². The first kappa shape index (κ1) is 12.7. The second-order valence-corrected chi connectivity index (χ2v) is 5.06. The van der Waals surface area contributed by atoms with Crippen molar-refractivity contribution < 1.29 is 17.9 Å². The molecule has 6 nitrogen and oxygen atoms in total. The van der Waals surface area contributed by atoms with E-state index in [0.29, 0.717) is 12.2 Å². The van der Waals surface area contributed by atoms with Crippen molar-refractivity contribution in [2.24, 2.45) is 0 Å². The summed E-state index contributed by atoms with van der Waals surface area (Å²) in [6.07, 6.45) is 1.03. The van der Waals surface area contributed by atoms with E-state index in [-0.39, 0.29) is 16.9 Å². The van der Waals surface area contributed by atoms with Crippen molar-refractivity contribution in [3.8, 4) is 11.8 Å². The molecule has 0 radical (unpaired) electrons. The SMILES string of the molecule is CCOc1nc(S(C)(=O)=O)nc(OC)c1C. The minimum atomic E-state index is -3.48. The highest BCUT2D eigenvalue weighted by Crippen LogP contribution is 2.24. The Hall–Kier alpha value is -1.37. The van der Waals surface area contributed by atoms with E-state index in [4.69, 9.17) is 9.47 Å². The summed E-state index contributed by atoms with van der Waals surface area (Å²) in [6.45, 7) is 3.88. The van der Waals surface area contributed by atoms with Crippen LogP contribution < -0.4 is 9.47 Å². The average molecular weight is 246 g/mol. The van der Waals surface area contributed by atoms with Crippen molar-refractivity contribution in [2.45, 2.75) is 19.0 Å². The van der Waals surface area contributed by atoms with Gasteiger partial charge >= 0.3 is 0 Å². The summed E-state index contributed by atoms with van der Waals surface area (Å²) in [7, 11) is -2.06. The van der Waals surface area contributed by atoms with Gasteiger partial charge in [-0.2, -0.15) is 9.97 Å². The van der Waals surface area contributed by atoms with Crippen molar-refractivity contribution in [1.82, 2.24) is 9.97 Å². The van der Waals surface area contributed by atoms with Crippen LogP contribution in [-0.4, -0.2) is 38.4 Å². The van der Waals surface area contributed by atoms with Gasteiger partial charge in [-0.25, -0.2) is 8.42 Å². The lowest BCUT2D eigenvalue weighted by Crippen LogP contribution is -2.09. The van der Waals surface area contributed by atoms with E-state index in [1.807, 2.05) is 0 Å². The second kappa shape index (κ2) is 4.65. The first-order valence-electron chi connectivity index (χ1n) is 4.65. The number of rotatable bonds is 4. The first-order valence-corrected chi connectivity index (χ1v) is 6.54. The molecule has 0 amide bonds. The number of aromatic nitrogens is 2. The highest BCUT2D eigenvalue weighted by Gasteiger charge is 2.18. The minimum Gasteiger partial charge on any atom is -0.481 e. The average Bonchev–Trinajstić information content (AvgIpc) is 2.19. The lowest BCUT2D eigenvalue weighted by Gasteiger charge is -2.10. The van der Waals surface area contributed by atoms with Gasteiger partial charge in [-0.3, -0.25) is 0 Å². The van der Waals surface area contributed by atoms with Crippen LogP contribution in [0.3, 0.4) is 0 Å². The number of hydrogen-bond acceptors (Lipinski definition) is 6. The summed E-state index contributed by atoms with van der Waals surface area (Å²) in [5.41, 5.74) is 0.580. The van der Waals surface area contributed by atoms with Crippen LogP contribution in [0.5, 0.6) is 11.8 Å². The van der Waals surface area contributed by atoms with E-state index < -0.39 is 9.84 Å². The molecule has 90 valence electrons. The molecule has 1 aromatic rings. The minimum absolute atomic E-state index is 0.207. The Morgan fingerprint density at radius 1 is 1.25 bits per heavy atom. The Morgan fingerprint density at radius 2 is 1.81 bits per heavy atom. The van der Waals surface area contributed by atoms with Gasteiger partial charge in [-0.15, -0.1) is 0 Å². The second-order valence-electron chi connectivity index (χ2n) is 3.15. The standard InChI is InChI=1S/C9H14N2O4S/c1-5-15-8-6(2)7(14-3)10-9(11-8)16(4,12)13/h5H2,1-4H3. The Kier molecular flexibility index (Phi) is 3.69. The van der Waals surface area contributed by atoms with Crippen LogP contribution in [0.1, 0.15) is 12.5 Å². The maximum absolute atomic E-state index is 11.3. The Morgan fingerprint density at radius 3 is 2.25 bits per heavy atom. The van der Waals surface area contributed by atoms with Gasteiger partial charge in [-0.1, -0.05) is 0 Å². The van der Waals surface area contributed by atoms with Crippen molar-refractivity contribution in [2.75, 3.05) is 20.0 Å². The fourth-order valence-corrected chi connectivity index (χ4v) is 1.60. The molecule has 0 aliphatic heterocycles. The molecule has 1 aromatic heterocycles. The zero-order valence-electron chi connectivity index (χ0n) is 9.64. The fraction of sp³-hybridized carbons (Fsp3) is 0.556. The molecule has 1 heterocycles. The molecule has 0 fully saturated rings. The third-order valence-electron chi connectivity index (χ3n) is 1.84. The van der Waals surface area contributed by atoms with Crippen LogP contribution in [0.4, 0.5) is 0 Å². The van der Waals surface area contributed by atoms with Gasteiger partial charge in [0.1, 0.15) is 0 Å². The van der Waals surface area contributed by atoms with Crippen LogP contribution in [0, 0.1) is 6.92 Å². The van der Waals surface area contributed by atoms with Crippen molar-refractivity contribution in [3.05, 3.63) is 5.56 Å². The van der Waals surface area contributed by atoms with E-state index in [9.17, 15) is 8.42 Å². The summed E-state index contributed by atoms with van der Waals surface area (Å²) >= 11 is 0. The predicted molar refractivity (Wildman–Crippen MR) is 57.6 cm³/mol. The highest BCUT2D eigenvalue weighted by molar-refractivity contribution is 7.90. The van der Waals surface area contributed by atoms with Gasteiger partial charge in [0.25, 0.3) is 5.16 Å². The van der Waals surface area contributed by atoms with Crippen molar-refractivity contribution in [1.29, 1.82) is 0 Å². The fourth-order valence-electron chi connectivity index (χ4n) is 1.10. The summed E-state index contributed by atoms with van der Waals surface area (Å²) in [6, 6.07) is 0. The molecule has 0 aliphatic carbocycles. The molecule has 0 aromatic carbocycles. The number of methoxy groups -OCH3 is 1. The molecule has 16 heavy (non-hydrogen) atoms. The van der Waals surface area contributed by atoms with Crippen molar-refractivity contribution >= 4 is 9.84 Å². The van der Waals surface area contributed by atoms with Crippen LogP contribution in [0.2, 0.25) is 0 Å². The largest absolute Gasteiger partial charge is 0.481 e. The number of ether oxygens (including phenoxy) is 2. The molecule has 1 rings (SSSR count). The quantitative estimate of drug-likeness (QED) is 0.724. The normalized spacial score (nSPS) is 11.2. The summed E-state index contributed by atoms with van der Waals surface area (Å²) in [5.74, 6) is 0.439. The van der Waals surface area contributed by atoms with E-state index in [1.165, 1.54) is 7.11 Å². The molecule has 0 saturated heterocycles. The summed E-state index contributed by atoms with van der Waals surface area (Å²) < 4.78 is 32.9. The molecule has 0 atom stereocenters.